The minimum absolute atomic E-state index is 0.220. The molecule has 0 saturated heterocycles. The minimum atomic E-state index is -0.220. The summed E-state index contributed by atoms with van der Waals surface area (Å²) < 4.78 is 10.6. The second-order valence-corrected chi connectivity index (χ2v) is 6.57. The molecule has 3 aromatic carbocycles. The van der Waals surface area contributed by atoms with E-state index in [1.165, 1.54) is 0 Å². The van der Waals surface area contributed by atoms with E-state index < -0.39 is 0 Å². The number of carbonyl (C=O) groups excluding carboxylic acids is 2. The Labute approximate surface area is 175 Å². The van der Waals surface area contributed by atoms with E-state index in [9.17, 15) is 9.59 Å². The number of hydrogen-bond donors (Lipinski definition) is 2. The number of para-hydroxylation sites is 2. The lowest BCUT2D eigenvalue weighted by atomic mass is 10.1. The fourth-order valence-corrected chi connectivity index (χ4v) is 3.03. The summed E-state index contributed by atoms with van der Waals surface area (Å²) in [4.78, 5) is 24.8. The maximum atomic E-state index is 12.4. The van der Waals surface area contributed by atoms with Gasteiger partial charge in [0.1, 0.15) is 11.5 Å². The first-order valence-corrected chi connectivity index (χ1v) is 9.52. The van der Waals surface area contributed by atoms with Crippen LogP contribution < -0.4 is 20.1 Å². The molecule has 154 valence electrons. The average Bonchev–Trinajstić information content (AvgIpc) is 2.81. The molecule has 0 aliphatic rings. The maximum Gasteiger partial charge on any atom is 0.251 e. The van der Waals surface area contributed by atoms with E-state index >= 15 is 0 Å². The summed E-state index contributed by atoms with van der Waals surface area (Å²) in [7, 11) is 3.19. The van der Waals surface area contributed by atoms with Crippen LogP contribution in [0, 0.1) is 0 Å². The normalized spacial score (nSPS) is 10.2. The Morgan fingerprint density at radius 1 is 0.633 bits per heavy atom. The van der Waals surface area contributed by atoms with E-state index in [0.29, 0.717) is 24.2 Å². The molecule has 0 bridgehead atoms. The molecule has 0 unspecified atom stereocenters. The standard InChI is InChI=1S/C24H24N2O4/c1-29-21-9-5-3-7-19(21)15-25-23(27)17-11-13-18(14-12-17)24(28)26-16-20-8-4-6-10-22(20)30-2/h3-14H,15-16H2,1-2H3,(H,25,27)(H,26,28). The van der Waals surface area contributed by atoms with Gasteiger partial charge in [0.2, 0.25) is 0 Å². The summed E-state index contributed by atoms with van der Waals surface area (Å²) in [6.07, 6.45) is 0. The third-order valence-corrected chi connectivity index (χ3v) is 4.67. The van der Waals surface area contributed by atoms with Crippen LogP contribution >= 0.6 is 0 Å². The lowest BCUT2D eigenvalue weighted by Gasteiger charge is -2.11. The molecule has 3 rings (SSSR count). The van der Waals surface area contributed by atoms with E-state index in [2.05, 4.69) is 10.6 Å². The van der Waals surface area contributed by atoms with E-state index in [0.717, 1.165) is 22.6 Å². The summed E-state index contributed by atoms with van der Waals surface area (Å²) >= 11 is 0. The lowest BCUT2D eigenvalue weighted by Crippen LogP contribution is -2.24. The molecule has 2 N–H and O–H groups in total. The average molecular weight is 404 g/mol. The first kappa shape index (κ1) is 20.9. The summed E-state index contributed by atoms with van der Waals surface area (Å²) in [5, 5.41) is 5.73. The molecule has 6 heteroatoms. The zero-order chi connectivity index (χ0) is 21.3. The van der Waals surface area contributed by atoms with Gasteiger partial charge in [0.25, 0.3) is 11.8 Å². The first-order valence-electron chi connectivity index (χ1n) is 9.52. The van der Waals surface area contributed by atoms with Crippen LogP contribution in [-0.4, -0.2) is 26.0 Å². The number of hydrogen-bond acceptors (Lipinski definition) is 4. The summed E-state index contributed by atoms with van der Waals surface area (Å²) in [5.74, 6) is 1.00. The molecular weight excluding hydrogens is 380 g/mol. The fourth-order valence-electron chi connectivity index (χ4n) is 3.03. The highest BCUT2D eigenvalue weighted by atomic mass is 16.5. The van der Waals surface area contributed by atoms with Crippen molar-refractivity contribution in [2.75, 3.05) is 14.2 Å². The quantitative estimate of drug-likeness (QED) is 0.602. The Hall–Kier alpha value is -3.80. The molecule has 0 saturated carbocycles. The maximum absolute atomic E-state index is 12.4. The molecule has 0 fully saturated rings. The van der Waals surface area contributed by atoms with Gasteiger partial charge in [0.15, 0.2) is 0 Å². The predicted octanol–water partition coefficient (Wildman–Crippen LogP) is 3.56. The number of methoxy groups -OCH3 is 2. The predicted molar refractivity (Wildman–Crippen MR) is 115 cm³/mol. The molecule has 0 aliphatic carbocycles. The largest absolute Gasteiger partial charge is 0.496 e. The second-order valence-electron chi connectivity index (χ2n) is 6.57. The SMILES string of the molecule is COc1ccccc1CNC(=O)c1ccc(C(=O)NCc2ccccc2OC)cc1. The first-order chi connectivity index (χ1) is 14.6. The Morgan fingerprint density at radius 3 is 1.37 bits per heavy atom. The highest BCUT2D eigenvalue weighted by Gasteiger charge is 2.11. The molecule has 6 nitrogen and oxygen atoms in total. The fraction of sp³-hybridized carbons (Fsp3) is 0.167. The molecular formula is C24H24N2O4. The monoisotopic (exact) mass is 404 g/mol. The van der Waals surface area contributed by atoms with Crippen LogP contribution in [0.5, 0.6) is 11.5 Å². The van der Waals surface area contributed by atoms with E-state index in [4.69, 9.17) is 9.47 Å². The third-order valence-electron chi connectivity index (χ3n) is 4.67. The van der Waals surface area contributed by atoms with Gasteiger partial charge in [-0.25, -0.2) is 0 Å². The Morgan fingerprint density at radius 2 is 1.00 bits per heavy atom. The van der Waals surface area contributed by atoms with Gasteiger partial charge in [0.05, 0.1) is 14.2 Å². The smallest absolute Gasteiger partial charge is 0.251 e. The van der Waals surface area contributed by atoms with Crippen molar-refractivity contribution >= 4 is 11.8 Å². The van der Waals surface area contributed by atoms with Gasteiger partial charge in [-0.15, -0.1) is 0 Å². The Bertz CT molecular complexity index is 933. The van der Waals surface area contributed by atoms with Gasteiger partial charge in [-0.1, -0.05) is 36.4 Å². The topological polar surface area (TPSA) is 76.7 Å². The second kappa shape index (κ2) is 10.1. The van der Waals surface area contributed by atoms with Gasteiger partial charge in [-0.3, -0.25) is 9.59 Å². The Balaban J connectivity index is 1.57. The molecule has 0 aromatic heterocycles. The minimum Gasteiger partial charge on any atom is -0.496 e. The van der Waals surface area contributed by atoms with Crippen molar-refractivity contribution in [1.82, 2.24) is 10.6 Å². The van der Waals surface area contributed by atoms with Crippen LogP contribution in [-0.2, 0) is 13.1 Å². The number of benzene rings is 3. The van der Waals surface area contributed by atoms with Gasteiger partial charge >= 0.3 is 0 Å². The number of nitrogens with one attached hydrogen (secondary N) is 2. The number of amides is 2. The number of rotatable bonds is 8. The molecule has 3 aromatic rings. The van der Waals surface area contributed by atoms with Crippen LogP contribution in [0.3, 0.4) is 0 Å². The van der Waals surface area contributed by atoms with Gasteiger partial charge in [-0.2, -0.15) is 0 Å². The van der Waals surface area contributed by atoms with Gasteiger partial charge in [0, 0.05) is 35.3 Å². The molecule has 2 amide bonds. The number of ether oxygens (including phenoxy) is 2. The van der Waals surface area contributed by atoms with Crippen LogP contribution in [0.15, 0.2) is 72.8 Å². The summed E-state index contributed by atoms with van der Waals surface area (Å²) in [6, 6.07) is 21.6. The van der Waals surface area contributed by atoms with Crippen molar-refractivity contribution < 1.29 is 19.1 Å². The van der Waals surface area contributed by atoms with E-state index in [1.54, 1.807) is 38.5 Å². The third kappa shape index (κ3) is 5.17. The molecule has 0 atom stereocenters. The van der Waals surface area contributed by atoms with E-state index in [1.807, 2.05) is 48.5 Å². The highest BCUT2D eigenvalue weighted by Crippen LogP contribution is 2.18. The van der Waals surface area contributed by atoms with Crippen LogP contribution in [0.1, 0.15) is 31.8 Å². The van der Waals surface area contributed by atoms with Crippen molar-refractivity contribution in [3.8, 4) is 11.5 Å². The highest BCUT2D eigenvalue weighted by molar-refractivity contribution is 5.97. The molecule has 0 radical (unpaired) electrons. The van der Waals surface area contributed by atoms with Crippen molar-refractivity contribution in [3.63, 3.8) is 0 Å². The van der Waals surface area contributed by atoms with Gasteiger partial charge < -0.3 is 20.1 Å². The molecule has 30 heavy (non-hydrogen) atoms. The molecule has 0 heterocycles. The van der Waals surface area contributed by atoms with Crippen molar-refractivity contribution in [2.24, 2.45) is 0 Å². The molecule has 0 aliphatic heterocycles. The summed E-state index contributed by atoms with van der Waals surface area (Å²) in [6.45, 7) is 0.702. The van der Waals surface area contributed by atoms with Crippen LogP contribution in [0.25, 0.3) is 0 Å². The van der Waals surface area contributed by atoms with Crippen molar-refractivity contribution in [2.45, 2.75) is 13.1 Å². The zero-order valence-electron chi connectivity index (χ0n) is 17.0. The Kier molecular flexibility index (Phi) is 7.05. The zero-order valence-corrected chi connectivity index (χ0v) is 17.0. The van der Waals surface area contributed by atoms with Gasteiger partial charge in [-0.05, 0) is 36.4 Å². The van der Waals surface area contributed by atoms with E-state index in [-0.39, 0.29) is 11.8 Å². The van der Waals surface area contributed by atoms with Crippen LogP contribution in [0.2, 0.25) is 0 Å². The van der Waals surface area contributed by atoms with Crippen LogP contribution in [0.4, 0.5) is 0 Å². The lowest BCUT2D eigenvalue weighted by molar-refractivity contribution is 0.0939. The summed E-state index contributed by atoms with van der Waals surface area (Å²) in [5.41, 5.74) is 2.73. The van der Waals surface area contributed by atoms with Crippen molar-refractivity contribution in [3.05, 3.63) is 95.1 Å². The number of carbonyl (C=O) groups is 2. The molecule has 0 spiro atoms. The van der Waals surface area contributed by atoms with Crippen molar-refractivity contribution in [1.29, 1.82) is 0 Å².